The van der Waals surface area contributed by atoms with Gasteiger partial charge in [0, 0.05) is 32.6 Å². The summed E-state index contributed by atoms with van der Waals surface area (Å²) in [5, 5.41) is 2.81. The summed E-state index contributed by atoms with van der Waals surface area (Å²) in [5.41, 5.74) is 6.26. The average molecular weight is 507 g/mol. The van der Waals surface area contributed by atoms with Crippen molar-refractivity contribution in [2.45, 2.75) is 50.8 Å². The van der Waals surface area contributed by atoms with Crippen molar-refractivity contribution in [3.8, 4) is 0 Å². The third-order valence-corrected chi connectivity index (χ3v) is 7.52. The molecule has 2 heterocycles. The first-order valence-electron chi connectivity index (χ1n) is 12.9. The lowest BCUT2D eigenvalue weighted by Gasteiger charge is -2.43. The maximum absolute atomic E-state index is 13.8. The molecule has 4 rings (SSSR count). The number of nitrogens with two attached hydrogens (primary N) is 1. The molecule has 2 fully saturated rings. The second-order valence-electron chi connectivity index (χ2n) is 10.9. The third kappa shape index (κ3) is 5.86. The maximum Gasteiger partial charge on any atom is 0.247 e. The number of likely N-dealkylation sites (tertiary alicyclic amines) is 2. The molecule has 198 valence electrons. The van der Waals surface area contributed by atoms with Crippen molar-refractivity contribution in [2.75, 3.05) is 33.3 Å². The highest BCUT2D eigenvalue weighted by atomic mass is 16.5. The monoisotopic (exact) mass is 506 g/mol. The van der Waals surface area contributed by atoms with Crippen LogP contribution in [0.2, 0.25) is 0 Å². The third-order valence-electron chi connectivity index (χ3n) is 7.52. The minimum atomic E-state index is -1.15. The van der Waals surface area contributed by atoms with Gasteiger partial charge in [-0.2, -0.15) is 0 Å². The van der Waals surface area contributed by atoms with Gasteiger partial charge in [0.25, 0.3) is 0 Å². The predicted octanol–water partition coefficient (Wildman–Crippen LogP) is 2.29. The number of rotatable bonds is 8. The van der Waals surface area contributed by atoms with E-state index in [1.54, 1.807) is 23.6 Å². The summed E-state index contributed by atoms with van der Waals surface area (Å²) in [6.45, 7) is 4.98. The Balaban J connectivity index is 1.54. The Morgan fingerprint density at radius 3 is 2.43 bits per heavy atom. The number of piperidine rings is 1. The van der Waals surface area contributed by atoms with Crippen molar-refractivity contribution in [1.29, 1.82) is 0 Å². The van der Waals surface area contributed by atoms with Gasteiger partial charge in [0.15, 0.2) is 0 Å². The second kappa shape index (κ2) is 11.0. The molecule has 0 saturated carbocycles. The predicted molar refractivity (Wildman–Crippen MR) is 141 cm³/mol. The first-order valence-corrected chi connectivity index (χ1v) is 12.9. The molecule has 2 aromatic carbocycles. The van der Waals surface area contributed by atoms with Crippen LogP contribution < -0.4 is 11.1 Å². The number of nitrogens with zero attached hydrogens (tertiary/aromatic N) is 2. The first kappa shape index (κ1) is 26.8. The zero-order valence-electron chi connectivity index (χ0n) is 22.0. The van der Waals surface area contributed by atoms with Crippen molar-refractivity contribution >= 4 is 17.7 Å². The van der Waals surface area contributed by atoms with Gasteiger partial charge in [0.05, 0.1) is 24.2 Å². The number of hydrogen-bond donors (Lipinski definition) is 2. The Kier molecular flexibility index (Phi) is 7.99. The van der Waals surface area contributed by atoms with Crippen molar-refractivity contribution < 1.29 is 19.1 Å². The summed E-state index contributed by atoms with van der Waals surface area (Å²) >= 11 is 0. The molecular weight excluding hydrogens is 468 g/mol. The van der Waals surface area contributed by atoms with E-state index < -0.39 is 22.9 Å². The van der Waals surface area contributed by atoms with Crippen LogP contribution in [0.3, 0.4) is 0 Å². The Bertz CT molecular complexity index is 1100. The highest BCUT2D eigenvalue weighted by Crippen LogP contribution is 2.49. The normalized spacial score (nSPS) is 22.8. The Morgan fingerprint density at radius 1 is 1.14 bits per heavy atom. The fraction of sp³-hybridized carbons (Fsp3) is 0.483. The Hall–Kier alpha value is -3.23. The maximum atomic E-state index is 13.8. The van der Waals surface area contributed by atoms with Crippen LogP contribution in [0.5, 0.6) is 0 Å². The number of amides is 3. The van der Waals surface area contributed by atoms with Gasteiger partial charge in [-0.1, -0.05) is 60.7 Å². The molecular formula is C29H38N4O4. The number of ether oxygens (including phenoxy) is 1. The fourth-order valence-electron chi connectivity index (χ4n) is 5.51. The van der Waals surface area contributed by atoms with Crippen LogP contribution in [0.4, 0.5) is 0 Å². The Morgan fingerprint density at radius 2 is 1.78 bits per heavy atom. The molecule has 0 aliphatic carbocycles. The quantitative estimate of drug-likeness (QED) is 0.572. The number of hydrogen-bond acceptors (Lipinski definition) is 5. The van der Waals surface area contributed by atoms with Crippen LogP contribution >= 0.6 is 0 Å². The van der Waals surface area contributed by atoms with E-state index in [0.29, 0.717) is 32.7 Å². The summed E-state index contributed by atoms with van der Waals surface area (Å²) in [6, 6.07) is 18.8. The number of likely N-dealkylation sites (N-methyl/N-ethyl adjacent to an activating group) is 1. The van der Waals surface area contributed by atoms with E-state index in [1.807, 2.05) is 55.6 Å². The zero-order chi connectivity index (χ0) is 26.6. The van der Waals surface area contributed by atoms with E-state index in [9.17, 15) is 14.4 Å². The largest absolute Gasteiger partial charge is 0.374 e. The highest BCUT2D eigenvalue weighted by Gasteiger charge is 2.55. The summed E-state index contributed by atoms with van der Waals surface area (Å²) < 4.78 is 5.87. The van der Waals surface area contributed by atoms with Gasteiger partial charge in [-0.3, -0.25) is 14.4 Å². The molecule has 2 aromatic rings. The summed E-state index contributed by atoms with van der Waals surface area (Å²) in [7, 11) is 1.83. The van der Waals surface area contributed by atoms with Gasteiger partial charge in [0.1, 0.15) is 6.04 Å². The molecule has 3 N–H and O–H groups in total. The molecule has 37 heavy (non-hydrogen) atoms. The molecule has 2 saturated heterocycles. The summed E-state index contributed by atoms with van der Waals surface area (Å²) in [5.74, 6) is -0.617. The summed E-state index contributed by atoms with van der Waals surface area (Å²) in [6.07, 6.45) is 1.43. The number of carbonyl (C=O) groups excluding carboxylic acids is 3. The molecule has 1 spiro atoms. The molecule has 8 heteroatoms. The van der Waals surface area contributed by atoms with Crippen LogP contribution in [0, 0.1) is 5.41 Å². The van der Waals surface area contributed by atoms with Gasteiger partial charge < -0.3 is 25.6 Å². The lowest BCUT2D eigenvalue weighted by atomic mass is 9.69. The van der Waals surface area contributed by atoms with Crippen LogP contribution in [0.1, 0.15) is 43.7 Å². The SMILES string of the molecule is CN1C[C@@H](c2ccccc2)[C@@]2(CCCN(C(=O)[C@@H](COCc3ccccc3)NC(=O)C(C)(C)N)C2)C1=O. The first-order chi connectivity index (χ1) is 17.6. The zero-order valence-corrected chi connectivity index (χ0v) is 22.0. The number of carbonyl (C=O) groups is 3. The highest BCUT2D eigenvalue weighted by molar-refractivity contribution is 5.92. The van der Waals surface area contributed by atoms with Gasteiger partial charge in [-0.25, -0.2) is 0 Å². The number of nitrogens with one attached hydrogen (secondary N) is 1. The van der Waals surface area contributed by atoms with Gasteiger partial charge in [0.2, 0.25) is 17.7 Å². The van der Waals surface area contributed by atoms with Gasteiger partial charge in [-0.15, -0.1) is 0 Å². The van der Waals surface area contributed by atoms with E-state index in [4.69, 9.17) is 10.5 Å². The second-order valence-corrected chi connectivity index (χ2v) is 10.9. The molecule has 0 unspecified atom stereocenters. The van der Waals surface area contributed by atoms with Crippen LogP contribution in [0.15, 0.2) is 60.7 Å². The minimum absolute atomic E-state index is 0.00727. The lowest BCUT2D eigenvalue weighted by molar-refractivity contribution is -0.147. The standard InChI is InChI=1S/C29H38N4O4/c1-28(2,30)26(35)31-24(19-37-18-21-11-6-4-7-12-21)25(34)33-16-10-15-29(20-33)23(17-32(3)27(29)36)22-13-8-5-9-14-22/h4-9,11-14,23-24H,10,15-20,30H2,1-3H3,(H,31,35)/t23-,24+,29-/m0/s1. The molecule has 2 aliphatic heterocycles. The van der Waals surface area contributed by atoms with E-state index in [-0.39, 0.29) is 24.3 Å². The molecule has 3 atom stereocenters. The molecule has 0 bridgehead atoms. The van der Waals surface area contributed by atoms with Crippen LogP contribution in [0.25, 0.3) is 0 Å². The van der Waals surface area contributed by atoms with Crippen LogP contribution in [-0.2, 0) is 25.7 Å². The van der Waals surface area contributed by atoms with E-state index in [0.717, 1.165) is 17.5 Å². The minimum Gasteiger partial charge on any atom is -0.374 e. The van der Waals surface area contributed by atoms with Crippen molar-refractivity contribution in [2.24, 2.45) is 11.1 Å². The lowest BCUT2D eigenvalue weighted by Crippen LogP contribution is -2.60. The topological polar surface area (TPSA) is 105 Å². The average Bonchev–Trinajstić information content (AvgIpc) is 3.13. The molecule has 8 nitrogen and oxygen atoms in total. The molecule has 2 aliphatic rings. The summed E-state index contributed by atoms with van der Waals surface area (Å²) in [4.78, 5) is 43.6. The van der Waals surface area contributed by atoms with E-state index in [1.165, 1.54) is 0 Å². The smallest absolute Gasteiger partial charge is 0.247 e. The van der Waals surface area contributed by atoms with Crippen molar-refractivity contribution in [3.63, 3.8) is 0 Å². The van der Waals surface area contributed by atoms with Gasteiger partial charge >= 0.3 is 0 Å². The van der Waals surface area contributed by atoms with E-state index >= 15 is 0 Å². The number of benzene rings is 2. The van der Waals surface area contributed by atoms with Crippen molar-refractivity contribution in [1.82, 2.24) is 15.1 Å². The van der Waals surface area contributed by atoms with Crippen LogP contribution in [-0.4, -0.2) is 72.4 Å². The molecule has 0 radical (unpaired) electrons. The van der Waals surface area contributed by atoms with Crippen molar-refractivity contribution in [3.05, 3.63) is 71.8 Å². The molecule has 0 aromatic heterocycles. The van der Waals surface area contributed by atoms with Gasteiger partial charge in [-0.05, 0) is 37.8 Å². The molecule has 3 amide bonds. The van der Waals surface area contributed by atoms with E-state index in [2.05, 4.69) is 17.4 Å². The fourth-order valence-corrected chi connectivity index (χ4v) is 5.51. The Labute approximate surface area is 219 Å².